The SMILES string of the molecule is CN[C@H](CO)c1cnc2[nH]ccc2c1. The maximum absolute atomic E-state index is 9.10. The smallest absolute Gasteiger partial charge is 0.137 e. The van der Waals surface area contributed by atoms with Gasteiger partial charge >= 0.3 is 0 Å². The predicted octanol–water partition coefficient (Wildman–Crippen LogP) is 0.816. The minimum atomic E-state index is -0.0400. The third kappa shape index (κ3) is 1.49. The number of rotatable bonds is 3. The van der Waals surface area contributed by atoms with Gasteiger partial charge in [0.15, 0.2) is 0 Å². The first-order valence-corrected chi connectivity index (χ1v) is 4.56. The molecule has 0 aliphatic rings. The molecule has 2 aromatic rings. The highest BCUT2D eigenvalue weighted by molar-refractivity contribution is 5.75. The van der Waals surface area contributed by atoms with E-state index < -0.39 is 0 Å². The van der Waals surface area contributed by atoms with Crippen molar-refractivity contribution in [2.45, 2.75) is 6.04 Å². The second-order valence-electron chi connectivity index (χ2n) is 3.21. The van der Waals surface area contributed by atoms with Crippen LogP contribution in [0.4, 0.5) is 0 Å². The molecule has 3 N–H and O–H groups in total. The predicted molar refractivity (Wildman–Crippen MR) is 55.0 cm³/mol. The van der Waals surface area contributed by atoms with E-state index >= 15 is 0 Å². The van der Waals surface area contributed by atoms with Crippen LogP contribution in [0, 0.1) is 0 Å². The van der Waals surface area contributed by atoms with Gasteiger partial charge in [-0.3, -0.25) is 0 Å². The highest BCUT2D eigenvalue weighted by Gasteiger charge is 2.08. The van der Waals surface area contributed by atoms with Crippen molar-refractivity contribution in [3.8, 4) is 0 Å². The Kier molecular flexibility index (Phi) is 2.47. The Bertz CT molecular complexity index is 420. The Labute approximate surface area is 82.0 Å². The molecule has 2 aromatic heterocycles. The van der Waals surface area contributed by atoms with Crippen molar-refractivity contribution in [1.82, 2.24) is 15.3 Å². The first kappa shape index (κ1) is 9.18. The van der Waals surface area contributed by atoms with Crippen LogP contribution >= 0.6 is 0 Å². The largest absolute Gasteiger partial charge is 0.394 e. The zero-order valence-electron chi connectivity index (χ0n) is 7.99. The van der Waals surface area contributed by atoms with Crippen molar-refractivity contribution >= 4 is 11.0 Å². The van der Waals surface area contributed by atoms with Crippen LogP contribution in [0.15, 0.2) is 24.5 Å². The number of aliphatic hydroxyl groups excluding tert-OH is 1. The maximum Gasteiger partial charge on any atom is 0.137 e. The van der Waals surface area contributed by atoms with Gasteiger partial charge in [0, 0.05) is 17.8 Å². The summed E-state index contributed by atoms with van der Waals surface area (Å²) in [6, 6.07) is 3.95. The lowest BCUT2D eigenvalue weighted by Gasteiger charge is -2.12. The van der Waals surface area contributed by atoms with Crippen LogP contribution in [0.1, 0.15) is 11.6 Å². The molecule has 0 bridgehead atoms. The van der Waals surface area contributed by atoms with Crippen LogP contribution in [0.2, 0.25) is 0 Å². The standard InChI is InChI=1S/C10H13N3O/c1-11-9(6-14)8-4-7-2-3-12-10(7)13-5-8/h2-5,9,11,14H,6H2,1H3,(H,12,13)/t9-/m1/s1. The van der Waals surface area contributed by atoms with Crippen LogP contribution < -0.4 is 5.32 Å². The Morgan fingerprint density at radius 2 is 2.50 bits per heavy atom. The summed E-state index contributed by atoms with van der Waals surface area (Å²) in [4.78, 5) is 7.28. The summed E-state index contributed by atoms with van der Waals surface area (Å²) in [6.45, 7) is 0.0775. The van der Waals surface area contributed by atoms with Gasteiger partial charge in [0.1, 0.15) is 5.65 Å². The lowest BCUT2D eigenvalue weighted by atomic mass is 10.1. The highest BCUT2D eigenvalue weighted by Crippen LogP contribution is 2.16. The third-order valence-electron chi connectivity index (χ3n) is 2.35. The van der Waals surface area contributed by atoms with E-state index in [9.17, 15) is 0 Å². The Morgan fingerprint density at radius 3 is 3.21 bits per heavy atom. The number of hydrogen-bond donors (Lipinski definition) is 3. The summed E-state index contributed by atoms with van der Waals surface area (Å²) in [5.41, 5.74) is 1.88. The molecule has 0 unspecified atom stereocenters. The van der Waals surface area contributed by atoms with Crippen molar-refractivity contribution in [2.75, 3.05) is 13.7 Å². The normalized spacial score (nSPS) is 13.3. The van der Waals surface area contributed by atoms with E-state index in [4.69, 9.17) is 5.11 Å². The first-order valence-electron chi connectivity index (χ1n) is 4.56. The molecule has 4 nitrogen and oxygen atoms in total. The molecule has 2 rings (SSSR count). The molecule has 1 atom stereocenters. The fourth-order valence-corrected chi connectivity index (χ4v) is 1.51. The van der Waals surface area contributed by atoms with Gasteiger partial charge in [-0.15, -0.1) is 0 Å². The number of pyridine rings is 1. The van der Waals surface area contributed by atoms with Crippen LogP contribution in [0.25, 0.3) is 11.0 Å². The summed E-state index contributed by atoms with van der Waals surface area (Å²) < 4.78 is 0. The van der Waals surface area contributed by atoms with Gasteiger partial charge in [-0.25, -0.2) is 4.98 Å². The van der Waals surface area contributed by atoms with Crippen LogP contribution in [-0.2, 0) is 0 Å². The van der Waals surface area contributed by atoms with Gasteiger partial charge in [-0.05, 0) is 24.7 Å². The topological polar surface area (TPSA) is 60.9 Å². The van der Waals surface area contributed by atoms with E-state index in [0.717, 1.165) is 16.6 Å². The fraction of sp³-hybridized carbons (Fsp3) is 0.300. The molecule has 2 heterocycles. The van der Waals surface area contributed by atoms with E-state index in [1.165, 1.54) is 0 Å². The molecular formula is C10H13N3O. The molecular weight excluding hydrogens is 178 g/mol. The molecule has 0 saturated carbocycles. The molecule has 0 aromatic carbocycles. The lowest BCUT2D eigenvalue weighted by molar-refractivity contribution is 0.251. The highest BCUT2D eigenvalue weighted by atomic mass is 16.3. The number of H-pyrrole nitrogens is 1. The molecule has 0 radical (unpaired) electrons. The van der Waals surface area contributed by atoms with E-state index in [1.807, 2.05) is 25.4 Å². The fourth-order valence-electron chi connectivity index (χ4n) is 1.51. The monoisotopic (exact) mass is 191 g/mol. The molecule has 0 aliphatic heterocycles. The van der Waals surface area contributed by atoms with Crippen LogP contribution in [-0.4, -0.2) is 28.7 Å². The minimum absolute atomic E-state index is 0.0400. The summed E-state index contributed by atoms with van der Waals surface area (Å²) in [6.07, 6.45) is 3.63. The van der Waals surface area contributed by atoms with Gasteiger partial charge in [-0.1, -0.05) is 0 Å². The second-order valence-corrected chi connectivity index (χ2v) is 3.21. The molecule has 0 aliphatic carbocycles. The van der Waals surface area contributed by atoms with Gasteiger partial charge in [0.05, 0.1) is 12.6 Å². The van der Waals surface area contributed by atoms with Gasteiger partial charge in [0.2, 0.25) is 0 Å². The molecule has 14 heavy (non-hydrogen) atoms. The molecule has 4 heteroatoms. The third-order valence-corrected chi connectivity index (χ3v) is 2.35. The zero-order valence-corrected chi connectivity index (χ0v) is 7.99. The number of aromatic nitrogens is 2. The average molecular weight is 191 g/mol. The van der Waals surface area contributed by atoms with Gasteiger partial charge in [-0.2, -0.15) is 0 Å². The number of fused-ring (bicyclic) bond motifs is 1. The number of hydrogen-bond acceptors (Lipinski definition) is 3. The van der Waals surface area contributed by atoms with Crippen LogP contribution in [0.5, 0.6) is 0 Å². The van der Waals surface area contributed by atoms with Crippen molar-refractivity contribution in [3.05, 3.63) is 30.1 Å². The molecule has 0 amide bonds. The quantitative estimate of drug-likeness (QED) is 0.673. The van der Waals surface area contributed by atoms with E-state index in [2.05, 4.69) is 15.3 Å². The molecule has 0 fully saturated rings. The number of nitrogens with zero attached hydrogens (tertiary/aromatic N) is 1. The van der Waals surface area contributed by atoms with Crippen molar-refractivity contribution < 1.29 is 5.11 Å². The van der Waals surface area contributed by atoms with Gasteiger partial charge in [0.25, 0.3) is 0 Å². The first-order chi connectivity index (χ1) is 6.85. The van der Waals surface area contributed by atoms with E-state index in [0.29, 0.717) is 0 Å². The molecule has 0 saturated heterocycles. The van der Waals surface area contributed by atoms with Crippen molar-refractivity contribution in [3.63, 3.8) is 0 Å². The summed E-state index contributed by atoms with van der Waals surface area (Å²) in [7, 11) is 1.82. The van der Waals surface area contributed by atoms with Crippen molar-refractivity contribution in [2.24, 2.45) is 0 Å². The zero-order chi connectivity index (χ0) is 9.97. The molecule has 74 valence electrons. The number of nitrogens with one attached hydrogen (secondary N) is 2. The minimum Gasteiger partial charge on any atom is -0.394 e. The van der Waals surface area contributed by atoms with Crippen molar-refractivity contribution in [1.29, 1.82) is 0 Å². The number of aliphatic hydroxyl groups is 1. The molecule has 0 spiro atoms. The van der Waals surface area contributed by atoms with Gasteiger partial charge < -0.3 is 15.4 Å². The second kappa shape index (κ2) is 3.77. The Balaban J connectivity index is 2.42. The lowest BCUT2D eigenvalue weighted by Crippen LogP contribution is -2.19. The number of aromatic amines is 1. The summed E-state index contributed by atoms with van der Waals surface area (Å²) >= 11 is 0. The van der Waals surface area contributed by atoms with Crippen LogP contribution in [0.3, 0.4) is 0 Å². The summed E-state index contributed by atoms with van der Waals surface area (Å²) in [5.74, 6) is 0. The maximum atomic E-state index is 9.10. The summed E-state index contributed by atoms with van der Waals surface area (Å²) in [5, 5.41) is 13.2. The Morgan fingerprint density at radius 1 is 1.64 bits per heavy atom. The van der Waals surface area contributed by atoms with E-state index in [-0.39, 0.29) is 12.6 Å². The average Bonchev–Trinajstić information content (AvgIpc) is 2.66. The van der Waals surface area contributed by atoms with E-state index in [1.54, 1.807) is 6.20 Å². The number of likely N-dealkylation sites (N-methyl/N-ethyl adjacent to an activating group) is 1. The Hall–Kier alpha value is -1.39.